The van der Waals surface area contributed by atoms with Crippen LogP contribution in [0.5, 0.6) is 0 Å². The number of halogens is 1. The van der Waals surface area contributed by atoms with Crippen LogP contribution in [0.2, 0.25) is 0 Å². The highest BCUT2D eigenvalue weighted by Crippen LogP contribution is 2.27. The van der Waals surface area contributed by atoms with Gasteiger partial charge in [0.05, 0.1) is 12.3 Å². The maximum Gasteiger partial charge on any atom is 0.173 e. The normalized spacial score (nSPS) is 12.6. The van der Waals surface area contributed by atoms with E-state index in [2.05, 4.69) is 27.9 Å². The van der Waals surface area contributed by atoms with Crippen molar-refractivity contribution in [1.82, 2.24) is 5.43 Å². The van der Waals surface area contributed by atoms with Crippen LogP contribution >= 0.6 is 15.9 Å². The molecule has 0 aliphatic carbocycles. The molecule has 90 valence electrons. The molecule has 0 amide bonds. The van der Waals surface area contributed by atoms with Gasteiger partial charge in [-0.3, -0.25) is 11.3 Å². The first-order valence-electron chi connectivity index (χ1n) is 5.59. The molecule has 1 atom stereocenters. The Morgan fingerprint density at radius 1 is 1.50 bits per heavy atom. The Kier molecular flexibility index (Phi) is 6.45. The van der Waals surface area contributed by atoms with Gasteiger partial charge in [-0.05, 0) is 41.3 Å². The van der Waals surface area contributed by atoms with Crippen molar-refractivity contribution in [1.29, 1.82) is 0 Å². The van der Waals surface area contributed by atoms with Crippen molar-refractivity contribution < 1.29 is 4.42 Å². The smallest absolute Gasteiger partial charge is 0.173 e. The molecule has 0 aromatic carbocycles. The number of allylic oxidation sites excluding steroid dienone is 1. The van der Waals surface area contributed by atoms with Crippen LogP contribution in [0.4, 0.5) is 0 Å². The number of nitrogens with one attached hydrogen (secondary N) is 1. The summed E-state index contributed by atoms with van der Waals surface area (Å²) in [5, 5.41) is 0. The minimum Gasteiger partial charge on any atom is -0.457 e. The van der Waals surface area contributed by atoms with Crippen molar-refractivity contribution in [2.45, 2.75) is 38.1 Å². The van der Waals surface area contributed by atoms with Gasteiger partial charge < -0.3 is 4.42 Å². The fourth-order valence-corrected chi connectivity index (χ4v) is 2.21. The predicted octanol–water partition coefficient (Wildman–Crippen LogP) is 3.68. The number of unbranched alkanes of at least 4 members (excludes halogenated alkanes) is 3. The van der Waals surface area contributed by atoms with E-state index in [1.165, 1.54) is 12.8 Å². The van der Waals surface area contributed by atoms with E-state index in [0.717, 1.165) is 29.5 Å². The highest BCUT2D eigenvalue weighted by Gasteiger charge is 2.14. The molecule has 1 heterocycles. The van der Waals surface area contributed by atoms with Crippen molar-refractivity contribution in [2.75, 3.05) is 0 Å². The molecule has 16 heavy (non-hydrogen) atoms. The van der Waals surface area contributed by atoms with Crippen LogP contribution < -0.4 is 11.3 Å². The average molecular weight is 287 g/mol. The lowest BCUT2D eigenvalue weighted by atomic mass is 10.0. The molecule has 1 aromatic rings. The summed E-state index contributed by atoms with van der Waals surface area (Å²) in [5.74, 6) is 5.55. The molecule has 0 aliphatic heterocycles. The number of rotatable bonds is 8. The Labute approximate surface area is 105 Å². The Morgan fingerprint density at radius 2 is 2.31 bits per heavy atom. The highest BCUT2D eigenvalue weighted by atomic mass is 79.9. The van der Waals surface area contributed by atoms with Crippen molar-refractivity contribution in [3.05, 3.63) is 35.2 Å². The van der Waals surface area contributed by atoms with Crippen LogP contribution in [0.1, 0.15) is 43.7 Å². The van der Waals surface area contributed by atoms with E-state index in [-0.39, 0.29) is 6.04 Å². The third-order valence-corrected chi connectivity index (χ3v) is 3.27. The summed E-state index contributed by atoms with van der Waals surface area (Å²) in [4.78, 5) is 0. The molecule has 0 fully saturated rings. The maximum absolute atomic E-state index is 5.55. The second kappa shape index (κ2) is 7.65. The molecular weight excluding hydrogens is 268 g/mol. The molecule has 3 nitrogen and oxygen atoms in total. The van der Waals surface area contributed by atoms with Gasteiger partial charge in [-0.1, -0.05) is 18.9 Å². The molecule has 0 saturated heterocycles. The summed E-state index contributed by atoms with van der Waals surface area (Å²) in [5.41, 5.74) is 3.92. The lowest BCUT2D eigenvalue weighted by molar-refractivity contribution is 0.468. The predicted molar refractivity (Wildman–Crippen MR) is 69.8 cm³/mol. The van der Waals surface area contributed by atoms with Gasteiger partial charge in [0, 0.05) is 5.56 Å². The second-order valence-corrected chi connectivity index (χ2v) is 4.52. The molecule has 3 N–H and O–H groups in total. The first-order chi connectivity index (χ1) is 7.79. The molecule has 1 rings (SSSR count). The van der Waals surface area contributed by atoms with Gasteiger partial charge in [-0.2, -0.15) is 0 Å². The minimum absolute atomic E-state index is 0.164. The molecule has 0 radical (unpaired) electrons. The third-order valence-electron chi connectivity index (χ3n) is 2.62. The van der Waals surface area contributed by atoms with Gasteiger partial charge >= 0.3 is 0 Å². The van der Waals surface area contributed by atoms with E-state index >= 15 is 0 Å². The summed E-state index contributed by atoms with van der Waals surface area (Å²) in [6.45, 7) is 3.71. The van der Waals surface area contributed by atoms with Crippen molar-refractivity contribution in [3.63, 3.8) is 0 Å². The van der Waals surface area contributed by atoms with Crippen LogP contribution in [-0.4, -0.2) is 0 Å². The highest BCUT2D eigenvalue weighted by molar-refractivity contribution is 9.10. The summed E-state index contributed by atoms with van der Waals surface area (Å²) < 4.78 is 5.97. The molecule has 1 aromatic heterocycles. The zero-order valence-electron chi connectivity index (χ0n) is 9.42. The van der Waals surface area contributed by atoms with Crippen molar-refractivity contribution in [2.24, 2.45) is 5.84 Å². The maximum atomic E-state index is 5.55. The molecule has 0 bridgehead atoms. The van der Waals surface area contributed by atoms with Crippen LogP contribution in [0.25, 0.3) is 0 Å². The Hall–Kier alpha value is -0.580. The van der Waals surface area contributed by atoms with Crippen molar-refractivity contribution >= 4 is 15.9 Å². The van der Waals surface area contributed by atoms with E-state index < -0.39 is 0 Å². The average Bonchev–Trinajstić information content (AvgIpc) is 2.70. The van der Waals surface area contributed by atoms with E-state index in [1.54, 1.807) is 6.26 Å². The Morgan fingerprint density at radius 3 is 2.88 bits per heavy atom. The van der Waals surface area contributed by atoms with Crippen LogP contribution in [0.3, 0.4) is 0 Å². The standard InChI is InChI=1S/C12H19BrN2O/c1-2-3-4-5-6-7-11(15-14)10-8-9-16-12(10)13/h2,8-9,11,15H,1,3-7,14H2. The molecule has 0 aliphatic rings. The van der Waals surface area contributed by atoms with Crippen LogP contribution in [0.15, 0.2) is 34.1 Å². The van der Waals surface area contributed by atoms with Gasteiger partial charge in [0.2, 0.25) is 0 Å². The summed E-state index contributed by atoms with van der Waals surface area (Å²) >= 11 is 3.37. The summed E-state index contributed by atoms with van der Waals surface area (Å²) in [7, 11) is 0. The fourth-order valence-electron chi connectivity index (χ4n) is 1.70. The molecule has 0 saturated carbocycles. The van der Waals surface area contributed by atoms with Gasteiger partial charge in [-0.15, -0.1) is 6.58 Å². The summed E-state index contributed by atoms with van der Waals surface area (Å²) in [6, 6.07) is 2.11. The van der Waals surface area contributed by atoms with Gasteiger partial charge in [0.25, 0.3) is 0 Å². The number of nitrogens with two attached hydrogens (primary N) is 1. The number of hydrogen-bond donors (Lipinski definition) is 2. The quantitative estimate of drug-likeness (QED) is 0.332. The SMILES string of the molecule is C=CCCCCCC(NN)c1ccoc1Br. The van der Waals surface area contributed by atoms with E-state index in [0.29, 0.717) is 0 Å². The zero-order valence-corrected chi connectivity index (χ0v) is 11.0. The van der Waals surface area contributed by atoms with Gasteiger partial charge in [-0.25, -0.2) is 0 Å². The van der Waals surface area contributed by atoms with Crippen LogP contribution in [0, 0.1) is 0 Å². The number of furan rings is 1. The molecule has 1 unspecified atom stereocenters. The topological polar surface area (TPSA) is 51.2 Å². The minimum atomic E-state index is 0.164. The van der Waals surface area contributed by atoms with E-state index in [9.17, 15) is 0 Å². The monoisotopic (exact) mass is 286 g/mol. The molecule has 0 spiro atoms. The van der Waals surface area contributed by atoms with E-state index in [4.69, 9.17) is 10.3 Å². The second-order valence-electron chi connectivity index (χ2n) is 3.80. The fraction of sp³-hybridized carbons (Fsp3) is 0.500. The lowest BCUT2D eigenvalue weighted by Gasteiger charge is -2.14. The van der Waals surface area contributed by atoms with Gasteiger partial charge in [0.15, 0.2) is 4.67 Å². The third kappa shape index (κ3) is 4.12. The molecular formula is C12H19BrN2O. The van der Waals surface area contributed by atoms with Crippen molar-refractivity contribution in [3.8, 4) is 0 Å². The number of hydrazine groups is 1. The Balaban J connectivity index is 2.33. The molecule has 4 heteroatoms. The Bertz CT molecular complexity index is 312. The number of hydrogen-bond acceptors (Lipinski definition) is 3. The van der Waals surface area contributed by atoms with E-state index in [1.807, 2.05) is 12.1 Å². The van der Waals surface area contributed by atoms with Crippen LogP contribution in [-0.2, 0) is 0 Å². The lowest BCUT2D eigenvalue weighted by Crippen LogP contribution is -2.27. The first-order valence-corrected chi connectivity index (χ1v) is 6.38. The zero-order chi connectivity index (χ0) is 11.8. The van der Waals surface area contributed by atoms with Gasteiger partial charge in [0.1, 0.15) is 0 Å². The summed E-state index contributed by atoms with van der Waals surface area (Å²) in [6.07, 6.45) is 9.31. The first kappa shape index (κ1) is 13.5. The largest absolute Gasteiger partial charge is 0.457 e.